The fourth-order valence-corrected chi connectivity index (χ4v) is 3.60. The van der Waals surface area contributed by atoms with Crippen LogP contribution in [0, 0.1) is 0 Å². The highest BCUT2D eigenvalue weighted by Gasteiger charge is 2.11. The zero-order chi connectivity index (χ0) is 11.4. The van der Waals surface area contributed by atoms with Gasteiger partial charge in [-0.3, -0.25) is 0 Å². The molecular formula is C11H13ClN2S2. The van der Waals surface area contributed by atoms with Gasteiger partial charge in [0.2, 0.25) is 0 Å². The maximum Gasteiger partial charge on any atom is 0.158 e. The third-order valence-corrected chi connectivity index (χ3v) is 4.67. The molecule has 0 bridgehead atoms. The van der Waals surface area contributed by atoms with Gasteiger partial charge in [-0.05, 0) is 29.9 Å². The van der Waals surface area contributed by atoms with Crippen LogP contribution >= 0.6 is 34.3 Å². The summed E-state index contributed by atoms with van der Waals surface area (Å²) >= 11 is 9.10. The smallest absolute Gasteiger partial charge is 0.143 e. The van der Waals surface area contributed by atoms with E-state index in [-0.39, 0.29) is 0 Å². The minimum Gasteiger partial charge on any atom is -0.143 e. The van der Waals surface area contributed by atoms with Gasteiger partial charge in [0.15, 0.2) is 5.01 Å². The summed E-state index contributed by atoms with van der Waals surface area (Å²) in [7, 11) is 0. The molecule has 0 saturated carbocycles. The normalized spacial score (nSPS) is 10.9. The van der Waals surface area contributed by atoms with E-state index in [2.05, 4.69) is 28.6 Å². The maximum absolute atomic E-state index is 5.66. The van der Waals surface area contributed by atoms with Gasteiger partial charge in [0.25, 0.3) is 0 Å². The molecule has 0 fully saturated rings. The standard InChI is InChI=1S/C11H13ClN2S2/c1-2-8-5-7-15-10(8)11-14-13-9(16-11)4-3-6-12/h5,7H,2-4,6H2,1H3. The summed E-state index contributed by atoms with van der Waals surface area (Å²) in [5.41, 5.74) is 1.37. The lowest BCUT2D eigenvalue weighted by molar-refractivity contribution is 0.884. The number of nitrogens with zero attached hydrogens (tertiary/aromatic N) is 2. The predicted molar refractivity (Wildman–Crippen MR) is 71.6 cm³/mol. The van der Waals surface area contributed by atoms with Crippen molar-refractivity contribution in [3.05, 3.63) is 22.0 Å². The maximum atomic E-state index is 5.66. The van der Waals surface area contributed by atoms with Gasteiger partial charge in [-0.25, -0.2) is 0 Å². The van der Waals surface area contributed by atoms with E-state index in [0.29, 0.717) is 5.88 Å². The first kappa shape index (κ1) is 12.0. The molecule has 5 heteroatoms. The van der Waals surface area contributed by atoms with E-state index in [1.165, 1.54) is 10.4 Å². The van der Waals surface area contributed by atoms with E-state index >= 15 is 0 Å². The summed E-state index contributed by atoms with van der Waals surface area (Å²) in [4.78, 5) is 1.28. The van der Waals surface area contributed by atoms with Crippen LogP contribution in [0.15, 0.2) is 11.4 Å². The molecule has 0 amide bonds. The Bertz CT molecular complexity index is 450. The zero-order valence-corrected chi connectivity index (χ0v) is 11.5. The molecule has 0 N–H and O–H groups in total. The highest BCUT2D eigenvalue weighted by atomic mass is 35.5. The van der Waals surface area contributed by atoms with Gasteiger partial charge in [-0.2, -0.15) is 0 Å². The van der Waals surface area contributed by atoms with E-state index in [0.717, 1.165) is 29.3 Å². The van der Waals surface area contributed by atoms with Crippen molar-refractivity contribution in [3.63, 3.8) is 0 Å². The van der Waals surface area contributed by atoms with Crippen LogP contribution in [-0.2, 0) is 12.8 Å². The van der Waals surface area contributed by atoms with E-state index in [4.69, 9.17) is 11.6 Å². The molecule has 2 aromatic rings. The summed E-state index contributed by atoms with van der Waals surface area (Å²) < 4.78 is 0. The van der Waals surface area contributed by atoms with Crippen molar-refractivity contribution in [2.45, 2.75) is 26.2 Å². The van der Waals surface area contributed by atoms with Gasteiger partial charge in [-0.1, -0.05) is 18.3 Å². The van der Waals surface area contributed by atoms with Gasteiger partial charge in [-0.15, -0.1) is 33.1 Å². The topological polar surface area (TPSA) is 25.8 Å². The van der Waals surface area contributed by atoms with Crippen molar-refractivity contribution in [3.8, 4) is 9.88 Å². The monoisotopic (exact) mass is 272 g/mol. The first-order valence-corrected chi connectivity index (χ1v) is 7.53. The first-order valence-electron chi connectivity index (χ1n) is 5.30. The van der Waals surface area contributed by atoms with Gasteiger partial charge >= 0.3 is 0 Å². The van der Waals surface area contributed by atoms with Crippen molar-refractivity contribution in [1.82, 2.24) is 10.2 Å². The van der Waals surface area contributed by atoms with E-state index in [1.54, 1.807) is 22.7 Å². The van der Waals surface area contributed by atoms with Crippen LogP contribution in [0.5, 0.6) is 0 Å². The van der Waals surface area contributed by atoms with Crippen LogP contribution in [0.25, 0.3) is 9.88 Å². The summed E-state index contributed by atoms with van der Waals surface area (Å²) in [5.74, 6) is 0.689. The predicted octanol–water partition coefficient (Wildman–Crippen LogP) is 4.00. The van der Waals surface area contributed by atoms with Crippen LogP contribution in [0.1, 0.15) is 23.9 Å². The Morgan fingerprint density at radius 1 is 1.38 bits per heavy atom. The van der Waals surface area contributed by atoms with Crippen molar-refractivity contribution < 1.29 is 0 Å². The summed E-state index contributed by atoms with van der Waals surface area (Å²) in [6, 6.07) is 2.17. The lowest BCUT2D eigenvalue weighted by Gasteiger charge is -1.94. The van der Waals surface area contributed by atoms with Gasteiger partial charge < -0.3 is 0 Å². The van der Waals surface area contributed by atoms with Crippen LogP contribution in [0.3, 0.4) is 0 Å². The minimum atomic E-state index is 0.689. The molecule has 0 saturated heterocycles. The first-order chi connectivity index (χ1) is 7.85. The van der Waals surface area contributed by atoms with Gasteiger partial charge in [0.1, 0.15) is 5.01 Å². The van der Waals surface area contributed by atoms with Crippen molar-refractivity contribution in [2.75, 3.05) is 5.88 Å². The van der Waals surface area contributed by atoms with Crippen molar-refractivity contribution in [2.24, 2.45) is 0 Å². The second-order valence-corrected chi connectivity index (χ2v) is 5.78. The number of hydrogen-bond acceptors (Lipinski definition) is 4. The molecule has 0 aliphatic heterocycles. The second kappa shape index (κ2) is 5.75. The summed E-state index contributed by atoms with van der Waals surface area (Å²) in [6.07, 6.45) is 2.96. The summed E-state index contributed by atoms with van der Waals surface area (Å²) in [5, 5.41) is 12.7. The van der Waals surface area contributed by atoms with Crippen LogP contribution in [0.4, 0.5) is 0 Å². The Hall–Kier alpha value is -0.450. The molecule has 0 aliphatic rings. The van der Waals surface area contributed by atoms with Crippen LogP contribution in [-0.4, -0.2) is 16.1 Å². The van der Waals surface area contributed by atoms with Gasteiger partial charge in [0.05, 0.1) is 4.88 Å². The number of aryl methyl sites for hydroxylation is 2. The van der Waals surface area contributed by atoms with E-state index < -0.39 is 0 Å². The molecule has 0 spiro atoms. The van der Waals surface area contributed by atoms with Crippen molar-refractivity contribution >= 4 is 34.3 Å². The van der Waals surface area contributed by atoms with Crippen molar-refractivity contribution in [1.29, 1.82) is 0 Å². The quantitative estimate of drug-likeness (QED) is 0.769. The number of hydrogen-bond donors (Lipinski definition) is 0. The third-order valence-electron chi connectivity index (χ3n) is 2.31. The van der Waals surface area contributed by atoms with E-state index in [1.807, 2.05) is 0 Å². The molecule has 0 radical (unpaired) electrons. The number of aromatic nitrogens is 2. The van der Waals surface area contributed by atoms with Crippen LogP contribution in [0.2, 0.25) is 0 Å². The highest BCUT2D eigenvalue weighted by Crippen LogP contribution is 2.32. The molecule has 86 valence electrons. The summed E-state index contributed by atoms with van der Waals surface area (Å²) in [6.45, 7) is 2.17. The lowest BCUT2D eigenvalue weighted by Crippen LogP contribution is -1.84. The number of thiophene rings is 1. The fourth-order valence-electron chi connectivity index (χ4n) is 1.47. The number of rotatable bonds is 5. The molecule has 2 rings (SSSR count). The highest BCUT2D eigenvalue weighted by molar-refractivity contribution is 7.20. The van der Waals surface area contributed by atoms with Gasteiger partial charge in [0, 0.05) is 12.3 Å². The minimum absolute atomic E-state index is 0.689. The third kappa shape index (κ3) is 2.62. The Kier molecular flexibility index (Phi) is 4.32. The Morgan fingerprint density at radius 2 is 2.25 bits per heavy atom. The average molecular weight is 273 g/mol. The molecule has 0 aliphatic carbocycles. The Morgan fingerprint density at radius 3 is 3.00 bits per heavy atom. The Labute approximate surface area is 108 Å². The fraction of sp³-hybridized carbons (Fsp3) is 0.455. The molecule has 2 nitrogen and oxygen atoms in total. The van der Waals surface area contributed by atoms with E-state index in [9.17, 15) is 0 Å². The SMILES string of the molecule is CCc1ccsc1-c1nnc(CCCCl)s1. The Balaban J connectivity index is 2.18. The number of halogens is 1. The molecular weight excluding hydrogens is 260 g/mol. The average Bonchev–Trinajstić information content (AvgIpc) is 2.94. The zero-order valence-electron chi connectivity index (χ0n) is 9.07. The molecule has 0 atom stereocenters. The molecule has 2 heterocycles. The molecule has 0 unspecified atom stereocenters. The molecule has 2 aromatic heterocycles. The molecule has 0 aromatic carbocycles. The largest absolute Gasteiger partial charge is 0.158 e. The lowest BCUT2D eigenvalue weighted by atomic mass is 10.2. The van der Waals surface area contributed by atoms with Crippen LogP contribution < -0.4 is 0 Å². The second-order valence-electron chi connectivity index (χ2n) is 3.42. The number of alkyl halides is 1. The molecule has 16 heavy (non-hydrogen) atoms.